The smallest absolute Gasteiger partial charge is 0.335 e. The Morgan fingerprint density at radius 3 is 2.45 bits per heavy atom. The molecule has 0 radical (unpaired) electrons. The van der Waals surface area contributed by atoms with Crippen molar-refractivity contribution >= 4 is 16.0 Å². The minimum Gasteiger partial charge on any atom is -0.478 e. The Morgan fingerprint density at radius 2 is 1.95 bits per heavy atom. The summed E-state index contributed by atoms with van der Waals surface area (Å²) in [6.45, 7) is 7.28. The predicted octanol–water partition coefficient (Wildman–Crippen LogP) is 1.87. The van der Waals surface area contributed by atoms with Crippen molar-refractivity contribution in [2.24, 2.45) is 5.92 Å². The normalized spacial score (nSPS) is 11.8. The number of nitrogens with one attached hydrogen (secondary N) is 1. The molecule has 0 aliphatic heterocycles. The first-order valence-electron chi connectivity index (χ1n) is 6.13. The molecule has 0 spiro atoms. The third-order valence-electron chi connectivity index (χ3n) is 2.74. The molecule has 7 heteroatoms. The van der Waals surface area contributed by atoms with Gasteiger partial charge in [0.25, 0.3) is 10.0 Å². The molecule has 2 N–H and O–H groups in total. The van der Waals surface area contributed by atoms with Crippen molar-refractivity contribution in [3.8, 4) is 0 Å². The summed E-state index contributed by atoms with van der Waals surface area (Å²) in [4.78, 5) is 17.9. The molecule has 1 aromatic carbocycles. The molecule has 6 nitrogen and oxygen atoms in total. The van der Waals surface area contributed by atoms with Crippen molar-refractivity contribution in [1.82, 2.24) is 4.89 Å². The minimum atomic E-state index is -3.90. The third-order valence-corrected chi connectivity index (χ3v) is 4.08. The molecule has 0 unspecified atom stereocenters. The van der Waals surface area contributed by atoms with Crippen LogP contribution in [0.3, 0.4) is 0 Å². The number of carboxylic acid groups (broad SMARTS) is 1. The molecule has 0 saturated heterocycles. The number of benzene rings is 1. The second-order valence-corrected chi connectivity index (χ2v) is 6.63. The Bertz CT molecular complexity index is 607. The van der Waals surface area contributed by atoms with E-state index in [4.69, 9.17) is 9.94 Å². The van der Waals surface area contributed by atoms with Crippen molar-refractivity contribution in [2.75, 3.05) is 6.61 Å². The zero-order valence-electron chi connectivity index (χ0n) is 11.9. The lowest BCUT2D eigenvalue weighted by atomic mass is 10.1. The second-order valence-electron chi connectivity index (χ2n) is 5.01. The molecule has 0 heterocycles. The molecule has 0 saturated carbocycles. The summed E-state index contributed by atoms with van der Waals surface area (Å²) >= 11 is 0. The van der Waals surface area contributed by atoms with Crippen LogP contribution in [-0.2, 0) is 14.9 Å². The van der Waals surface area contributed by atoms with E-state index >= 15 is 0 Å². The second kappa shape index (κ2) is 6.34. The van der Waals surface area contributed by atoms with Crippen molar-refractivity contribution in [3.05, 3.63) is 28.8 Å². The van der Waals surface area contributed by atoms with E-state index in [-0.39, 0.29) is 23.0 Å². The number of carboxylic acids is 1. The van der Waals surface area contributed by atoms with Crippen LogP contribution in [0.15, 0.2) is 17.0 Å². The molecule has 0 aromatic heterocycles. The van der Waals surface area contributed by atoms with E-state index in [1.807, 2.05) is 18.7 Å². The zero-order valence-corrected chi connectivity index (χ0v) is 12.7. The van der Waals surface area contributed by atoms with Gasteiger partial charge in [-0.15, -0.1) is 0 Å². The Morgan fingerprint density at radius 1 is 1.35 bits per heavy atom. The van der Waals surface area contributed by atoms with Crippen LogP contribution in [-0.4, -0.2) is 26.1 Å². The lowest BCUT2D eigenvalue weighted by Crippen LogP contribution is -2.27. The highest BCUT2D eigenvalue weighted by atomic mass is 32.2. The predicted molar refractivity (Wildman–Crippen MR) is 74.0 cm³/mol. The van der Waals surface area contributed by atoms with Gasteiger partial charge in [-0.3, -0.25) is 4.84 Å². The van der Waals surface area contributed by atoms with E-state index in [2.05, 4.69) is 0 Å². The fraction of sp³-hybridized carbons (Fsp3) is 0.462. The lowest BCUT2D eigenvalue weighted by Gasteiger charge is -2.13. The SMILES string of the molecule is Cc1cc(C(=O)O)cc(S(=O)(=O)NOCC(C)C)c1C. The highest BCUT2D eigenvalue weighted by Crippen LogP contribution is 2.21. The molecule has 0 aliphatic rings. The average Bonchev–Trinajstić information content (AvgIpc) is 2.31. The highest BCUT2D eigenvalue weighted by Gasteiger charge is 2.21. The first kappa shape index (κ1) is 16.6. The maximum absolute atomic E-state index is 12.1. The molecule has 0 fully saturated rings. The van der Waals surface area contributed by atoms with Crippen molar-refractivity contribution in [1.29, 1.82) is 0 Å². The minimum absolute atomic E-state index is 0.0719. The fourth-order valence-electron chi connectivity index (χ4n) is 1.55. The number of aromatic carboxylic acids is 1. The van der Waals surface area contributed by atoms with Gasteiger partial charge < -0.3 is 5.11 Å². The van der Waals surface area contributed by atoms with E-state index in [0.29, 0.717) is 11.1 Å². The maximum Gasteiger partial charge on any atom is 0.335 e. The zero-order chi connectivity index (χ0) is 15.5. The summed E-state index contributed by atoms with van der Waals surface area (Å²) in [7, 11) is -3.90. The topological polar surface area (TPSA) is 92.7 Å². The van der Waals surface area contributed by atoms with Gasteiger partial charge in [-0.25, -0.2) is 13.2 Å². The van der Waals surface area contributed by atoms with Crippen LogP contribution in [0.5, 0.6) is 0 Å². The van der Waals surface area contributed by atoms with Gasteiger partial charge in [-0.1, -0.05) is 18.7 Å². The summed E-state index contributed by atoms with van der Waals surface area (Å²) < 4.78 is 24.3. The van der Waals surface area contributed by atoms with Gasteiger partial charge in [-0.05, 0) is 43.0 Å². The molecule has 20 heavy (non-hydrogen) atoms. The summed E-state index contributed by atoms with van der Waals surface area (Å²) in [6, 6.07) is 2.57. The number of rotatable bonds is 6. The monoisotopic (exact) mass is 301 g/mol. The van der Waals surface area contributed by atoms with Crippen LogP contribution < -0.4 is 4.89 Å². The first-order valence-corrected chi connectivity index (χ1v) is 7.61. The quantitative estimate of drug-likeness (QED) is 0.782. The average molecular weight is 301 g/mol. The van der Waals surface area contributed by atoms with E-state index in [0.717, 1.165) is 6.07 Å². The number of hydrogen-bond donors (Lipinski definition) is 2. The van der Waals surface area contributed by atoms with Crippen molar-refractivity contribution in [2.45, 2.75) is 32.6 Å². The standard InChI is InChI=1S/C13H19NO5S/c1-8(2)7-19-14-20(17,18)12-6-11(13(15)16)5-9(3)10(12)4/h5-6,8,14H,7H2,1-4H3,(H,15,16). The summed E-state index contributed by atoms with van der Waals surface area (Å²) in [5.41, 5.74) is 1.02. The molecule has 0 atom stereocenters. The Kier molecular flexibility index (Phi) is 5.27. The van der Waals surface area contributed by atoms with Gasteiger partial charge in [0.05, 0.1) is 17.1 Å². The molecule has 112 valence electrons. The fourth-order valence-corrected chi connectivity index (χ4v) is 2.71. The van der Waals surface area contributed by atoms with Crippen LogP contribution >= 0.6 is 0 Å². The lowest BCUT2D eigenvalue weighted by molar-refractivity contribution is 0.0695. The van der Waals surface area contributed by atoms with Crippen molar-refractivity contribution < 1.29 is 23.2 Å². The van der Waals surface area contributed by atoms with E-state index < -0.39 is 16.0 Å². The molecule has 0 bridgehead atoms. The summed E-state index contributed by atoms with van der Waals surface area (Å²) in [6.07, 6.45) is 0. The molecular formula is C13H19NO5S. The third kappa shape index (κ3) is 4.03. The van der Waals surface area contributed by atoms with Gasteiger partial charge in [0.2, 0.25) is 0 Å². The Labute approximate surface area is 118 Å². The van der Waals surface area contributed by atoms with Crippen LogP contribution in [0.4, 0.5) is 0 Å². The molecule has 1 aromatic rings. The van der Waals surface area contributed by atoms with Crippen molar-refractivity contribution in [3.63, 3.8) is 0 Å². The van der Waals surface area contributed by atoms with E-state index in [1.165, 1.54) is 6.07 Å². The van der Waals surface area contributed by atoms with Gasteiger partial charge in [0, 0.05) is 0 Å². The van der Waals surface area contributed by atoms with Crippen LogP contribution in [0.2, 0.25) is 0 Å². The van der Waals surface area contributed by atoms with Crippen LogP contribution in [0.1, 0.15) is 35.3 Å². The van der Waals surface area contributed by atoms with Gasteiger partial charge in [0.1, 0.15) is 0 Å². The van der Waals surface area contributed by atoms with Crippen LogP contribution in [0.25, 0.3) is 0 Å². The maximum atomic E-state index is 12.1. The number of sulfonamides is 1. The van der Waals surface area contributed by atoms with E-state index in [9.17, 15) is 13.2 Å². The molecule has 1 rings (SSSR count). The summed E-state index contributed by atoms with van der Waals surface area (Å²) in [5, 5.41) is 8.99. The van der Waals surface area contributed by atoms with Crippen LogP contribution in [0, 0.1) is 19.8 Å². The molecule has 0 aliphatic carbocycles. The highest BCUT2D eigenvalue weighted by molar-refractivity contribution is 7.89. The van der Waals surface area contributed by atoms with Gasteiger partial charge in [0.15, 0.2) is 0 Å². The molecule has 0 amide bonds. The largest absolute Gasteiger partial charge is 0.478 e. The van der Waals surface area contributed by atoms with E-state index in [1.54, 1.807) is 13.8 Å². The Hall–Kier alpha value is -1.44. The number of hydrogen-bond acceptors (Lipinski definition) is 4. The number of carbonyl (C=O) groups is 1. The Balaban J connectivity index is 3.14. The number of aryl methyl sites for hydroxylation is 1. The van der Waals surface area contributed by atoms with Gasteiger partial charge in [-0.2, -0.15) is 0 Å². The van der Waals surface area contributed by atoms with Gasteiger partial charge >= 0.3 is 5.97 Å². The first-order chi connectivity index (χ1) is 9.15. The summed E-state index contributed by atoms with van der Waals surface area (Å²) in [5.74, 6) is -1.00. The molecular weight excluding hydrogens is 282 g/mol.